The van der Waals surface area contributed by atoms with Gasteiger partial charge in [0.15, 0.2) is 0 Å². The molecule has 3 nitrogen and oxygen atoms in total. The Morgan fingerprint density at radius 1 is 1.33 bits per heavy atom. The molecule has 1 atom stereocenters. The standard InChI is InChI=1S/C14H22N2O.ClH/c1-9(2)11(4)7-14(17)16-13-8-12(15)6-5-10(13)3;/h5-6,8-9,11H,7,15H2,1-4H3,(H,16,17);1H. The number of nitrogen functional groups attached to an aromatic ring is 1. The Hall–Kier alpha value is -1.22. The highest BCUT2D eigenvalue weighted by Gasteiger charge is 2.13. The fourth-order valence-electron chi connectivity index (χ4n) is 1.50. The zero-order valence-electron chi connectivity index (χ0n) is 11.5. The van der Waals surface area contributed by atoms with E-state index in [1.54, 1.807) is 6.07 Å². The number of aryl methyl sites for hydroxylation is 1. The van der Waals surface area contributed by atoms with Crippen LogP contribution in [0.1, 0.15) is 32.8 Å². The van der Waals surface area contributed by atoms with E-state index in [-0.39, 0.29) is 18.3 Å². The Morgan fingerprint density at radius 3 is 2.50 bits per heavy atom. The maximum absolute atomic E-state index is 11.8. The van der Waals surface area contributed by atoms with E-state index in [0.29, 0.717) is 23.9 Å². The van der Waals surface area contributed by atoms with E-state index in [9.17, 15) is 4.79 Å². The van der Waals surface area contributed by atoms with Crippen LogP contribution >= 0.6 is 12.4 Å². The van der Waals surface area contributed by atoms with Crippen molar-refractivity contribution >= 4 is 29.7 Å². The Balaban J connectivity index is 0.00000289. The number of halogens is 1. The minimum absolute atomic E-state index is 0. The van der Waals surface area contributed by atoms with E-state index in [1.165, 1.54) is 0 Å². The van der Waals surface area contributed by atoms with Gasteiger partial charge in [-0.1, -0.05) is 26.8 Å². The lowest BCUT2D eigenvalue weighted by Gasteiger charge is -2.15. The maximum Gasteiger partial charge on any atom is 0.224 e. The molecule has 0 aliphatic rings. The first kappa shape index (κ1) is 16.8. The van der Waals surface area contributed by atoms with Crippen molar-refractivity contribution < 1.29 is 4.79 Å². The lowest BCUT2D eigenvalue weighted by Crippen LogP contribution is -2.18. The molecule has 18 heavy (non-hydrogen) atoms. The number of nitrogens with one attached hydrogen (secondary N) is 1. The summed E-state index contributed by atoms with van der Waals surface area (Å²) in [5, 5.41) is 2.92. The number of amides is 1. The molecule has 0 spiro atoms. The second kappa shape index (κ2) is 7.27. The number of benzene rings is 1. The van der Waals surface area contributed by atoms with Crippen LogP contribution in [0.3, 0.4) is 0 Å². The summed E-state index contributed by atoms with van der Waals surface area (Å²) < 4.78 is 0. The number of anilines is 2. The Bertz CT molecular complexity index is 405. The van der Waals surface area contributed by atoms with Gasteiger partial charge < -0.3 is 11.1 Å². The summed E-state index contributed by atoms with van der Waals surface area (Å²) in [5.74, 6) is 0.957. The van der Waals surface area contributed by atoms with E-state index in [2.05, 4.69) is 26.1 Å². The van der Waals surface area contributed by atoms with E-state index in [0.717, 1.165) is 11.3 Å². The molecule has 102 valence electrons. The van der Waals surface area contributed by atoms with Gasteiger partial charge in [-0.05, 0) is 36.5 Å². The van der Waals surface area contributed by atoms with Gasteiger partial charge >= 0.3 is 0 Å². The first-order valence-corrected chi connectivity index (χ1v) is 6.06. The molecule has 0 aliphatic carbocycles. The molecule has 1 aromatic carbocycles. The quantitative estimate of drug-likeness (QED) is 0.821. The SMILES string of the molecule is Cc1ccc(N)cc1NC(=O)CC(C)C(C)C.Cl. The van der Waals surface area contributed by atoms with Crippen molar-refractivity contribution in [1.29, 1.82) is 0 Å². The molecule has 0 radical (unpaired) electrons. The fourth-order valence-corrected chi connectivity index (χ4v) is 1.50. The smallest absolute Gasteiger partial charge is 0.224 e. The second-order valence-corrected chi connectivity index (χ2v) is 5.05. The number of hydrogen-bond donors (Lipinski definition) is 2. The zero-order chi connectivity index (χ0) is 13.0. The maximum atomic E-state index is 11.8. The fraction of sp³-hybridized carbons (Fsp3) is 0.500. The largest absolute Gasteiger partial charge is 0.399 e. The second-order valence-electron chi connectivity index (χ2n) is 5.05. The van der Waals surface area contributed by atoms with Crippen molar-refractivity contribution in [2.24, 2.45) is 11.8 Å². The van der Waals surface area contributed by atoms with Crippen molar-refractivity contribution in [3.8, 4) is 0 Å². The van der Waals surface area contributed by atoms with Crippen molar-refractivity contribution in [3.05, 3.63) is 23.8 Å². The lowest BCUT2D eigenvalue weighted by molar-refractivity contribution is -0.117. The summed E-state index contributed by atoms with van der Waals surface area (Å²) >= 11 is 0. The predicted molar refractivity (Wildman–Crippen MR) is 80.1 cm³/mol. The molecule has 4 heteroatoms. The summed E-state index contributed by atoms with van der Waals surface area (Å²) in [4.78, 5) is 11.8. The van der Waals surface area contributed by atoms with Gasteiger partial charge in [0.25, 0.3) is 0 Å². The number of hydrogen-bond acceptors (Lipinski definition) is 2. The van der Waals surface area contributed by atoms with Crippen LogP contribution in [0.2, 0.25) is 0 Å². The number of nitrogens with two attached hydrogens (primary N) is 1. The van der Waals surface area contributed by atoms with Crippen molar-refractivity contribution in [3.63, 3.8) is 0 Å². The molecule has 0 aliphatic heterocycles. The van der Waals surface area contributed by atoms with Crippen LogP contribution in [0, 0.1) is 18.8 Å². The van der Waals surface area contributed by atoms with Gasteiger partial charge in [-0.25, -0.2) is 0 Å². The Labute approximate surface area is 116 Å². The van der Waals surface area contributed by atoms with Crippen LogP contribution in [0.15, 0.2) is 18.2 Å². The van der Waals surface area contributed by atoms with Gasteiger partial charge in [-0.3, -0.25) is 4.79 Å². The highest BCUT2D eigenvalue weighted by Crippen LogP contribution is 2.20. The predicted octanol–water partition coefficient (Wildman–Crippen LogP) is 3.62. The van der Waals surface area contributed by atoms with Gasteiger partial charge in [0.1, 0.15) is 0 Å². The van der Waals surface area contributed by atoms with Gasteiger partial charge in [-0.15, -0.1) is 12.4 Å². The number of carbonyl (C=O) groups excluding carboxylic acids is 1. The molecule has 0 saturated heterocycles. The van der Waals surface area contributed by atoms with Crippen molar-refractivity contribution in [2.45, 2.75) is 34.1 Å². The summed E-state index contributed by atoms with van der Waals surface area (Å²) in [7, 11) is 0. The van der Waals surface area contributed by atoms with E-state index < -0.39 is 0 Å². The molecule has 0 fully saturated rings. The average molecular weight is 271 g/mol. The molecule has 0 heterocycles. The van der Waals surface area contributed by atoms with Crippen LogP contribution in [0.5, 0.6) is 0 Å². The summed E-state index contributed by atoms with van der Waals surface area (Å²) in [6.45, 7) is 8.31. The van der Waals surface area contributed by atoms with E-state index in [4.69, 9.17) is 5.73 Å². The monoisotopic (exact) mass is 270 g/mol. The van der Waals surface area contributed by atoms with Crippen LogP contribution < -0.4 is 11.1 Å². The molecule has 1 aromatic rings. The summed E-state index contributed by atoms with van der Waals surface area (Å²) in [6.07, 6.45) is 0.548. The third-order valence-electron chi connectivity index (χ3n) is 3.18. The van der Waals surface area contributed by atoms with Crippen LogP contribution in [0.4, 0.5) is 11.4 Å². The molecular weight excluding hydrogens is 248 g/mol. The number of carbonyl (C=O) groups is 1. The lowest BCUT2D eigenvalue weighted by atomic mass is 9.94. The Morgan fingerprint density at radius 2 is 1.94 bits per heavy atom. The molecule has 0 saturated carbocycles. The minimum Gasteiger partial charge on any atom is -0.399 e. The third-order valence-corrected chi connectivity index (χ3v) is 3.18. The van der Waals surface area contributed by atoms with Gasteiger partial charge in [0.05, 0.1) is 0 Å². The van der Waals surface area contributed by atoms with Gasteiger partial charge in [-0.2, -0.15) is 0 Å². The average Bonchev–Trinajstić information content (AvgIpc) is 2.23. The van der Waals surface area contributed by atoms with Gasteiger partial charge in [0.2, 0.25) is 5.91 Å². The van der Waals surface area contributed by atoms with Crippen LogP contribution in [-0.2, 0) is 4.79 Å². The molecule has 1 amide bonds. The molecule has 0 aromatic heterocycles. The first-order valence-electron chi connectivity index (χ1n) is 6.06. The molecule has 1 rings (SSSR count). The molecular formula is C14H23ClN2O. The normalized spacial score (nSPS) is 11.8. The van der Waals surface area contributed by atoms with E-state index >= 15 is 0 Å². The molecule has 3 N–H and O–H groups in total. The molecule has 1 unspecified atom stereocenters. The topological polar surface area (TPSA) is 55.1 Å². The zero-order valence-corrected chi connectivity index (χ0v) is 12.3. The minimum atomic E-state index is 0. The first-order chi connectivity index (χ1) is 7.90. The third kappa shape index (κ3) is 4.96. The van der Waals surface area contributed by atoms with Gasteiger partial charge in [0, 0.05) is 17.8 Å². The highest BCUT2D eigenvalue weighted by atomic mass is 35.5. The van der Waals surface area contributed by atoms with Crippen molar-refractivity contribution in [1.82, 2.24) is 0 Å². The van der Waals surface area contributed by atoms with E-state index in [1.807, 2.05) is 19.1 Å². The van der Waals surface area contributed by atoms with Crippen LogP contribution in [-0.4, -0.2) is 5.91 Å². The van der Waals surface area contributed by atoms with Crippen molar-refractivity contribution in [2.75, 3.05) is 11.1 Å². The summed E-state index contributed by atoms with van der Waals surface area (Å²) in [6, 6.07) is 5.55. The number of rotatable bonds is 4. The Kier molecular flexibility index (Phi) is 6.77. The molecule has 0 bridgehead atoms. The summed E-state index contributed by atoms with van der Waals surface area (Å²) in [5.41, 5.74) is 8.21. The highest BCUT2D eigenvalue weighted by molar-refractivity contribution is 5.92. The van der Waals surface area contributed by atoms with Crippen LogP contribution in [0.25, 0.3) is 0 Å².